The number of imide groups is 1. The average Bonchev–Trinajstić information content (AvgIpc) is 2.96. The maximum atomic E-state index is 12.5. The smallest absolute Gasteiger partial charge is 0.324 e. The van der Waals surface area contributed by atoms with Crippen LogP contribution in [0.3, 0.4) is 0 Å². The van der Waals surface area contributed by atoms with Crippen molar-refractivity contribution in [3.63, 3.8) is 0 Å². The molecule has 2 aromatic rings. The van der Waals surface area contributed by atoms with E-state index in [1.165, 1.54) is 5.56 Å². The predicted octanol–water partition coefficient (Wildman–Crippen LogP) is 3.34. The van der Waals surface area contributed by atoms with Crippen molar-refractivity contribution in [1.82, 2.24) is 10.2 Å². The van der Waals surface area contributed by atoms with Crippen molar-refractivity contribution >= 4 is 29.6 Å². The van der Waals surface area contributed by atoms with Crippen LogP contribution in [-0.4, -0.2) is 29.3 Å². The van der Waals surface area contributed by atoms with Crippen LogP contribution in [0.4, 0.5) is 10.5 Å². The van der Waals surface area contributed by atoms with Gasteiger partial charge in [0, 0.05) is 5.69 Å². The molecule has 1 heterocycles. The zero-order valence-corrected chi connectivity index (χ0v) is 16.0. The van der Waals surface area contributed by atoms with E-state index >= 15 is 0 Å². The highest BCUT2D eigenvalue weighted by Crippen LogP contribution is 2.17. The monoisotopic (exact) mass is 377 g/mol. The SMILES string of the molecule is CCc1ccc(/C=C2/NC(=O)N(CC(=O)Nc3ccccc3CC)C2=O)cc1. The maximum absolute atomic E-state index is 12.5. The fourth-order valence-corrected chi connectivity index (χ4v) is 3.02. The third-order valence-corrected chi connectivity index (χ3v) is 4.64. The van der Waals surface area contributed by atoms with Crippen LogP contribution in [0.25, 0.3) is 6.08 Å². The van der Waals surface area contributed by atoms with Crippen LogP contribution in [0.1, 0.15) is 30.5 Å². The minimum Gasteiger partial charge on any atom is -0.324 e. The summed E-state index contributed by atoms with van der Waals surface area (Å²) in [6, 6.07) is 14.6. The Hall–Kier alpha value is -3.41. The molecule has 6 nitrogen and oxygen atoms in total. The van der Waals surface area contributed by atoms with Gasteiger partial charge in [-0.3, -0.25) is 9.59 Å². The van der Waals surface area contributed by atoms with Crippen LogP contribution < -0.4 is 10.6 Å². The molecular formula is C22H23N3O3. The van der Waals surface area contributed by atoms with E-state index in [9.17, 15) is 14.4 Å². The first-order valence-corrected chi connectivity index (χ1v) is 9.33. The molecule has 0 aliphatic carbocycles. The molecule has 0 saturated carbocycles. The highest BCUT2D eigenvalue weighted by molar-refractivity contribution is 6.15. The third-order valence-electron chi connectivity index (χ3n) is 4.64. The first kappa shape index (κ1) is 19.4. The number of urea groups is 1. The van der Waals surface area contributed by atoms with E-state index in [0.29, 0.717) is 5.69 Å². The number of para-hydroxylation sites is 1. The number of hydrogen-bond acceptors (Lipinski definition) is 3. The summed E-state index contributed by atoms with van der Waals surface area (Å²) in [7, 11) is 0. The zero-order valence-electron chi connectivity index (χ0n) is 16.0. The molecule has 4 amide bonds. The molecule has 6 heteroatoms. The molecule has 1 aliphatic heterocycles. The van der Waals surface area contributed by atoms with Crippen molar-refractivity contribution in [1.29, 1.82) is 0 Å². The Kier molecular flexibility index (Phi) is 5.89. The largest absolute Gasteiger partial charge is 0.329 e. The van der Waals surface area contributed by atoms with Crippen molar-refractivity contribution in [2.45, 2.75) is 26.7 Å². The van der Waals surface area contributed by atoms with Gasteiger partial charge in [-0.15, -0.1) is 0 Å². The van der Waals surface area contributed by atoms with Crippen LogP contribution >= 0.6 is 0 Å². The number of nitrogens with zero attached hydrogens (tertiary/aromatic N) is 1. The Morgan fingerprint density at radius 1 is 1.04 bits per heavy atom. The molecule has 0 radical (unpaired) electrons. The minimum atomic E-state index is -0.597. The number of hydrogen-bond donors (Lipinski definition) is 2. The van der Waals surface area contributed by atoms with Gasteiger partial charge >= 0.3 is 6.03 Å². The van der Waals surface area contributed by atoms with Gasteiger partial charge in [0.25, 0.3) is 5.91 Å². The van der Waals surface area contributed by atoms with E-state index in [1.807, 2.05) is 49.4 Å². The predicted molar refractivity (Wildman–Crippen MR) is 108 cm³/mol. The Balaban J connectivity index is 1.69. The number of rotatable bonds is 6. The molecule has 1 saturated heterocycles. The van der Waals surface area contributed by atoms with E-state index in [0.717, 1.165) is 28.9 Å². The average molecular weight is 377 g/mol. The second kappa shape index (κ2) is 8.52. The summed E-state index contributed by atoms with van der Waals surface area (Å²) < 4.78 is 0. The second-order valence-electron chi connectivity index (χ2n) is 6.53. The molecule has 1 fully saturated rings. The summed E-state index contributed by atoms with van der Waals surface area (Å²) in [5, 5.41) is 5.32. The molecule has 0 spiro atoms. The summed E-state index contributed by atoms with van der Waals surface area (Å²) in [4.78, 5) is 38.0. The van der Waals surface area contributed by atoms with E-state index in [1.54, 1.807) is 12.1 Å². The number of aryl methyl sites for hydroxylation is 2. The van der Waals surface area contributed by atoms with E-state index < -0.39 is 17.8 Å². The zero-order chi connectivity index (χ0) is 20.1. The van der Waals surface area contributed by atoms with Crippen molar-refractivity contribution in [3.05, 3.63) is 70.9 Å². The van der Waals surface area contributed by atoms with Crippen LogP contribution in [0.5, 0.6) is 0 Å². The standard InChI is InChI=1S/C22H23N3O3/c1-3-15-9-11-16(12-10-15)13-19-21(27)25(22(28)24-19)14-20(26)23-18-8-6-5-7-17(18)4-2/h5-13H,3-4,14H2,1-2H3,(H,23,26)(H,24,28)/b19-13+. The summed E-state index contributed by atoms with van der Waals surface area (Å²) in [6.45, 7) is 3.72. The lowest BCUT2D eigenvalue weighted by Gasteiger charge is -2.13. The number of nitrogens with one attached hydrogen (secondary N) is 2. The number of carbonyl (C=O) groups is 3. The molecule has 28 heavy (non-hydrogen) atoms. The minimum absolute atomic E-state index is 0.163. The van der Waals surface area contributed by atoms with Gasteiger partial charge in [-0.1, -0.05) is 56.3 Å². The Labute approximate surface area is 164 Å². The summed E-state index contributed by atoms with van der Waals surface area (Å²) in [5.41, 5.74) is 3.84. The van der Waals surface area contributed by atoms with E-state index in [4.69, 9.17) is 0 Å². The van der Waals surface area contributed by atoms with Gasteiger partial charge in [0.05, 0.1) is 0 Å². The van der Waals surface area contributed by atoms with Gasteiger partial charge in [0.1, 0.15) is 12.2 Å². The van der Waals surface area contributed by atoms with Crippen molar-refractivity contribution in [3.8, 4) is 0 Å². The highest BCUT2D eigenvalue weighted by atomic mass is 16.2. The van der Waals surface area contributed by atoms with Gasteiger partial charge in [-0.25, -0.2) is 9.69 Å². The first-order chi connectivity index (χ1) is 13.5. The number of amides is 4. The first-order valence-electron chi connectivity index (χ1n) is 9.33. The number of benzene rings is 2. The van der Waals surface area contributed by atoms with Gasteiger partial charge < -0.3 is 10.6 Å². The Morgan fingerprint density at radius 2 is 1.75 bits per heavy atom. The van der Waals surface area contributed by atoms with Crippen LogP contribution in [0, 0.1) is 0 Å². The molecule has 2 N–H and O–H groups in total. The molecule has 0 bridgehead atoms. The Bertz CT molecular complexity index is 932. The summed E-state index contributed by atoms with van der Waals surface area (Å²) in [6.07, 6.45) is 3.31. The normalized spacial score (nSPS) is 15.1. The van der Waals surface area contributed by atoms with Gasteiger partial charge in [0.2, 0.25) is 5.91 Å². The van der Waals surface area contributed by atoms with Gasteiger partial charge in [0.15, 0.2) is 0 Å². The molecule has 0 atom stereocenters. The van der Waals surface area contributed by atoms with Gasteiger partial charge in [-0.05, 0) is 41.7 Å². The fourth-order valence-electron chi connectivity index (χ4n) is 3.02. The quantitative estimate of drug-likeness (QED) is 0.599. The third kappa shape index (κ3) is 4.28. The van der Waals surface area contributed by atoms with Crippen molar-refractivity contribution < 1.29 is 14.4 Å². The topological polar surface area (TPSA) is 78.5 Å². The molecule has 0 unspecified atom stereocenters. The van der Waals surface area contributed by atoms with Crippen molar-refractivity contribution in [2.24, 2.45) is 0 Å². The molecule has 0 aromatic heterocycles. The molecule has 144 valence electrons. The lowest BCUT2D eigenvalue weighted by molar-refractivity contribution is -0.127. The molecule has 2 aromatic carbocycles. The van der Waals surface area contributed by atoms with Crippen LogP contribution in [-0.2, 0) is 22.4 Å². The van der Waals surface area contributed by atoms with Gasteiger partial charge in [-0.2, -0.15) is 0 Å². The Morgan fingerprint density at radius 3 is 2.43 bits per heavy atom. The van der Waals surface area contributed by atoms with E-state index in [-0.39, 0.29) is 12.2 Å². The van der Waals surface area contributed by atoms with E-state index in [2.05, 4.69) is 17.6 Å². The molecule has 3 rings (SSSR count). The summed E-state index contributed by atoms with van der Waals surface area (Å²) >= 11 is 0. The lowest BCUT2D eigenvalue weighted by atomic mass is 10.1. The lowest BCUT2D eigenvalue weighted by Crippen LogP contribution is -2.38. The maximum Gasteiger partial charge on any atom is 0.329 e. The molecule has 1 aliphatic rings. The fraction of sp³-hybridized carbons (Fsp3) is 0.227. The summed E-state index contributed by atoms with van der Waals surface area (Å²) in [5.74, 6) is -0.929. The number of anilines is 1. The van der Waals surface area contributed by atoms with Crippen LogP contribution in [0.15, 0.2) is 54.2 Å². The van der Waals surface area contributed by atoms with Crippen molar-refractivity contribution in [2.75, 3.05) is 11.9 Å². The number of carbonyl (C=O) groups excluding carboxylic acids is 3. The highest BCUT2D eigenvalue weighted by Gasteiger charge is 2.34. The second-order valence-corrected chi connectivity index (χ2v) is 6.53. The molecular weight excluding hydrogens is 354 g/mol. The van der Waals surface area contributed by atoms with Crippen LogP contribution in [0.2, 0.25) is 0 Å².